The van der Waals surface area contributed by atoms with Crippen molar-refractivity contribution in [1.82, 2.24) is 19.2 Å². The van der Waals surface area contributed by atoms with Gasteiger partial charge in [-0.25, -0.2) is 4.98 Å². The predicted molar refractivity (Wildman–Crippen MR) is 144 cm³/mol. The van der Waals surface area contributed by atoms with Crippen molar-refractivity contribution in [2.45, 2.75) is 69.9 Å². The van der Waals surface area contributed by atoms with Crippen LogP contribution in [-0.2, 0) is 0 Å². The monoisotopic (exact) mass is 488 g/mol. The average Bonchev–Trinajstić information content (AvgIpc) is 3.33. The summed E-state index contributed by atoms with van der Waals surface area (Å²) in [6.45, 7) is 7.28. The van der Waals surface area contributed by atoms with Crippen molar-refractivity contribution in [3.05, 3.63) is 47.8 Å². The highest BCUT2D eigenvalue weighted by molar-refractivity contribution is 5.67. The van der Waals surface area contributed by atoms with Crippen molar-refractivity contribution in [2.75, 3.05) is 40.4 Å². The molecule has 0 bridgehead atoms. The first-order valence-electron chi connectivity index (χ1n) is 13.8. The number of piperidine rings is 2. The molecular formula is C30H40N4O2. The van der Waals surface area contributed by atoms with Crippen molar-refractivity contribution in [3.8, 4) is 22.8 Å². The summed E-state index contributed by atoms with van der Waals surface area (Å²) in [7, 11) is 3.34. The molecule has 0 radical (unpaired) electrons. The Bertz CT molecular complexity index is 1200. The highest BCUT2D eigenvalue weighted by atomic mass is 16.5. The SMILES string of the molecule is COc1ccc(-c2cn3cc(C4CCN(C5CCN(C6CCC6)CC5)CC4)cc(C)c3n2)cc1OC. The number of aryl methyl sites for hydroxylation is 1. The van der Waals surface area contributed by atoms with E-state index in [2.05, 4.69) is 39.6 Å². The van der Waals surface area contributed by atoms with Crippen LogP contribution in [0.25, 0.3) is 16.9 Å². The fourth-order valence-corrected chi connectivity index (χ4v) is 6.62. The second kappa shape index (κ2) is 10.1. The van der Waals surface area contributed by atoms with Crippen LogP contribution in [0.5, 0.6) is 11.5 Å². The van der Waals surface area contributed by atoms with Crippen LogP contribution in [0.4, 0.5) is 0 Å². The summed E-state index contributed by atoms with van der Waals surface area (Å²) >= 11 is 0. The fraction of sp³-hybridized carbons (Fsp3) is 0.567. The van der Waals surface area contributed by atoms with Gasteiger partial charge in [-0.3, -0.25) is 0 Å². The Morgan fingerprint density at radius 2 is 1.44 bits per heavy atom. The maximum absolute atomic E-state index is 5.50. The highest BCUT2D eigenvalue weighted by Crippen LogP contribution is 2.35. The molecule has 1 saturated carbocycles. The van der Waals surface area contributed by atoms with Crippen molar-refractivity contribution in [1.29, 1.82) is 0 Å². The molecule has 2 aromatic heterocycles. The summed E-state index contributed by atoms with van der Waals surface area (Å²) < 4.78 is 13.1. The molecule has 3 fully saturated rings. The van der Waals surface area contributed by atoms with E-state index in [1.54, 1.807) is 14.2 Å². The zero-order valence-corrected chi connectivity index (χ0v) is 22.1. The van der Waals surface area contributed by atoms with Crippen LogP contribution in [0.3, 0.4) is 0 Å². The smallest absolute Gasteiger partial charge is 0.161 e. The summed E-state index contributed by atoms with van der Waals surface area (Å²) in [6, 6.07) is 10.1. The lowest BCUT2D eigenvalue weighted by Crippen LogP contribution is -2.51. The summed E-state index contributed by atoms with van der Waals surface area (Å²) in [6.07, 6.45) is 14.0. The van der Waals surface area contributed by atoms with Gasteiger partial charge in [-0.05, 0) is 107 Å². The van der Waals surface area contributed by atoms with Crippen molar-refractivity contribution >= 4 is 5.65 Å². The standard InChI is InChI=1S/C30H40N4O2/c1-21-17-24(19-34-20-27(31-30(21)34)23-7-8-28(35-2)29(18-23)36-3)22-9-13-32(14-10-22)26-11-15-33(16-12-26)25-5-4-6-25/h7-8,17-20,22,25-26H,4-6,9-16H2,1-3H3. The number of hydrogen-bond donors (Lipinski definition) is 0. The Kier molecular flexibility index (Phi) is 6.65. The van der Waals surface area contributed by atoms with E-state index in [1.807, 2.05) is 18.2 Å². The van der Waals surface area contributed by atoms with Gasteiger partial charge in [0.15, 0.2) is 11.5 Å². The predicted octanol–water partition coefficient (Wildman–Crippen LogP) is 5.52. The third-order valence-electron chi connectivity index (χ3n) is 9.04. The van der Waals surface area contributed by atoms with E-state index in [0.29, 0.717) is 5.92 Å². The molecule has 0 amide bonds. The maximum Gasteiger partial charge on any atom is 0.161 e. The third-order valence-corrected chi connectivity index (χ3v) is 9.04. The maximum atomic E-state index is 5.50. The van der Waals surface area contributed by atoms with Crippen LogP contribution < -0.4 is 9.47 Å². The molecule has 6 nitrogen and oxygen atoms in total. The zero-order valence-electron chi connectivity index (χ0n) is 22.1. The van der Waals surface area contributed by atoms with Gasteiger partial charge < -0.3 is 23.7 Å². The lowest BCUT2D eigenvalue weighted by atomic mass is 9.87. The molecule has 2 aliphatic heterocycles. The number of rotatable bonds is 6. The zero-order chi connectivity index (χ0) is 24.6. The van der Waals surface area contributed by atoms with Gasteiger partial charge in [0, 0.05) is 30.0 Å². The van der Waals surface area contributed by atoms with Crippen molar-refractivity contribution in [2.24, 2.45) is 0 Å². The first-order chi connectivity index (χ1) is 17.6. The normalized spacial score (nSPS) is 21.1. The Labute approximate surface area is 215 Å². The van der Waals surface area contributed by atoms with E-state index in [1.165, 1.54) is 82.3 Å². The Morgan fingerprint density at radius 1 is 0.778 bits per heavy atom. The Morgan fingerprint density at radius 3 is 2.08 bits per heavy atom. The summed E-state index contributed by atoms with van der Waals surface area (Å²) in [5, 5.41) is 0. The number of methoxy groups -OCH3 is 2. The van der Waals surface area contributed by atoms with Crippen LogP contribution in [0.2, 0.25) is 0 Å². The van der Waals surface area contributed by atoms with E-state index < -0.39 is 0 Å². The van der Waals surface area contributed by atoms with E-state index in [9.17, 15) is 0 Å². The van der Waals surface area contributed by atoms with Crippen LogP contribution in [-0.4, -0.2) is 71.7 Å². The van der Waals surface area contributed by atoms with Crippen molar-refractivity contribution in [3.63, 3.8) is 0 Å². The summed E-state index contributed by atoms with van der Waals surface area (Å²) in [5.41, 5.74) is 5.72. The Hall–Kier alpha value is -2.57. The molecule has 6 rings (SSSR count). The molecule has 0 atom stereocenters. The fourth-order valence-electron chi connectivity index (χ4n) is 6.62. The van der Waals surface area contributed by atoms with Crippen molar-refractivity contribution < 1.29 is 9.47 Å². The number of hydrogen-bond acceptors (Lipinski definition) is 5. The Balaban J connectivity index is 1.13. The molecular weight excluding hydrogens is 448 g/mol. The van der Waals surface area contributed by atoms with E-state index >= 15 is 0 Å². The van der Waals surface area contributed by atoms with Gasteiger partial charge in [0.2, 0.25) is 0 Å². The molecule has 0 unspecified atom stereocenters. The molecule has 0 N–H and O–H groups in total. The number of benzene rings is 1. The van der Waals surface area contributed by atoms with Gasteiger partial charge in [-0.1, -0.05) is 12.5 Å². The summed E-state index contributed by atoms with van der Waals surface area (Å²) in [5.74, 6) is 2.09. The second-order valence-corrected chi connectivity index (χ2v) is 11.0. The molecule has 3 aromatic rings. The van der Waals surface area contributed by atoms with Gasteiger partial charge in [0.1, 0.15) is 5.65 Å². The number of fused-ring (bicyclic) bond motifs is 1. The first-order valence-corrected chi connectivity index (χ1v) is 13.8. The lowest BCUT2D eigenvalue weighted by molar-refractivity contribution is 0.0468. The van der Waals surface area contributed by atoms with E-state index in [4.69, 9.17) is 14.5 Å². The summed E-state index contributed by atoms with van der Waals surface area (Å²) in [4.78, 5) is 10.5. The topological polar surface area (TPSA) is 42.2 Å². The van der Waals surface area contributed by atoms with Gasteiger partial charge in [-0.15, -0.1) is 0 Å². The van der Waals surface area contributed by atoms with Gasteiger partial charge >= 0.3 is 0 Å². The number of pyridine rings is 1. The minimum Gasteiger partial charge on any atom is -0.493 e. The van der Waals surface area contributed by atoms with Gasteiger partial charge in [-0.2, -0.15) is 0 Å². The second-order valence-electron chi connectivity index (χ2n) is 11.0. The number of imidazole rings is 1. The first kappa shape index (κ1) is 23.8. The minimum atomic E-state index is 0.631. The van der Waals surface area contributed by atoms with Gasteiger partial charge in [0.05, 0.1) is 19.9 Å². The molecule has 4 heterocycles. The van der Waals surface area contributed by atoms with Crippen LogP contribution in [0.15, 0.2) is 36.7 Å². The minimum absolute atomic E-state index is 0.631. The lowest BCUT2D eigenvalue weighted by Gasteiger charge is -2.45. The highest BCUT2D eigenvalue weighted by Gasteiger charge is 2.32. The molecule has 36 heavy (non-hydrogen) atoms. The molecule has 3 aliphatic rings. The van der Waals surface area contributed by atoms with E-state index in [0.717, 1.165) is 40.5 Å². The quantitative estimate of drug-likeness (QED) is 0.457. The molecule has 192 valence electrons. The van der Waals surface area contributed by atoms with Crippen LogP contribution in [0, 0.1) is 6.92 Å². The molecule has 0 spiro atoms. The average molecular weight is 489 g/mol. The molecule has 6 heteroatoms. The largest absolute Gasteiger partial charge is 0.493 e. The third kappa shape index (κ3) is 4.50. The number of ether oxygens (including phenoxy) is 2. The van der Waals surface area contributed by atoms with Crippen LogP contribution in [0.1, 0.15) is 62.0 Å². The number of likely N-dealkylation sites (tertiary alicyclic amines) is 2. The van der Waals surface area contributed by atoms with E-state index in [-0.39, 0.29) is 0 Å². The molecule has 1 aliphatic carbocycles. The number of aromatic nitrogens is 2. The molecule has 2 saturated heterocycles. The number of nitrogens with zero attached hydrogens (tertiary/aromatic N) is 4. The van der Waals surface area contributed by atoms with Gasteiger partial charge in [0.25, 0.3) is 0 Å². The molecule has 1 aromatic carbocycles. The van der Waals surface area contributed by atoms with Crippen LogP contribution >= 0.6 is 0 Å².